The molecular weight excluding hydrogens is 362 g/mol. The molecule has 4 rings (SSSR count). The van der Waals surface area contributed by atoms with Crippen molar-refractivity contribution in [3.05, 3.63) is 75.8 Å². The molecule has 138 valence electrons. The Balaban J connectivity index is 1.60. The summed E-state index contributed by atoms with van der Waals surface area (Å²) < 4.78 is 0. The molecule has 6 nitrogen and oxygen atoms in total. The van der Waals surface area contributed by atoms with Crippen LogP contribution in [0.2, 0.25) is 5.02 Å². The molecule has 7 heteroatoms. The molecule has 3 aromatic rings. The van der Waals surface area contributed by atoms with E-state index in [0.29, 0.717) is 11.6 Å². The van der Waals surface area contributed by atoms with Gasteiger partial charge in [-0.1, -0.05) is 41.9 Å². The van der Waals surface area contributed by atoms with Crippen molar-refractivity contribution in [1.29, 1.82) is 0 Å². The summed E-state index contributed by atoms with van der Waals surface area (Å²) in [5.41, 5.74) is 1.75. The Kier molecular flexibility index (Phi) is 5.18. The predicted molar refractivity (Wildman–Crippen MR) is 107 cm³/mol. The van der Waals surface area contributed by atoms with Crippen molar-refractivity contribution in [3.8, 4) is 11.4 Å². The van der Waals surface area contributed by atoms with E-state index in [2.05, 4.69) is 37.3 Å². The van der Waals surface area contributed by atoms with Gasteiger partial charge in [0.05, 0.1) is 0 Å². The highest BCUT2D eigenvalue weighted by atomic mass is 35.5. The Morgan fingerprint density at radius 3 is 2.70 bits per heavy atom. The maximum atomic E-state index is 12.4. The van der Waals surface area contributed by atoms with Gasteiger partial charge in [-0.25, -0.2) is 4.98 Å². The van der Waals surface area contributed by atoms with Crippen LogP contribution in [0.5, 0.6) is 0 Å². The summed E-state index contributed by atoms with van der Waals surface area (Å²) in [7, 11) is 0. The van der Waals surface area contributed by atoms with Gasteiger partial charge in [-0.15, -0.1) is 0 Å². The van der Waals surface area contributed by atoms with Gasteiger partial charge in [0.1, 0.15) is 10.8 Å². The van der Waals surface area contributed by atoms with E-state index in [1.54, 1.807) is 12.4 Å². The standard InChI is InChI=1S/C20H20ClN5O/c21-17-19(24-18(25-20(17)27)15-6-8-22-9-7-15)26-11-10-23-16(13-26)12-14-4-2-1-3-5-14/h1-9,16,23H,10-13H2,(H,24,25,27)/t16-/m1/s1. The average molecular weight is 382 g/mol. The van der Waals surface area contributed by atoms with Crippen LogP contribution >= 0.6 is 11.6 Å². The van der Waals surface area contributed by atoms with Gasteiger partial charge in [-0.2, -0.15) is 0 Å². The van der Waals surface area contributed by atoms with E-state index in [9.17, 15) is 4.79 Å². The summed E-state index contributed by atoms with van der Waals surface area (Å²) in [5.74, 6) is 1.03. The molecule has 2 aromatic heterocycles. The molecule has 1 atom stereocenters. The summed E-state index contributed by atoms with van der Waals surface area (Å²) >= 11 is 6.31. The van der Waals surface area contributed by atoms with Crippen LogP contribution in [0.15, 0.2) is 59.7 Å². The molecule has 1 aliphatic heterocycles. The number of anilines is 1. The van der Waals surface area contributed by atoms with Gasteiger partial charge in [0.2, 0.25) is 0 Å². The van der Waals surface area contributed by atoms with Gasteiger partial charge in [-0.3, -0.25) is 9.78 Å². The van der Waals surface area contributed by atoms with Gasteiger partial charge in [0, 0.05) is 43.6 Å². The van der Waals surface area contributed by atoms with Crippen LogP contribution in [0, 0.1) is 0 Å². The molecule has 0 amide bonds. The van der Waals surface area contributed by atoms with Gasteiger partial charge in [0.15, 0.2) is 5.82 Å². The average Bonchev–Trinajstić information content (AvgIpc) is 2.71. The van der Waals surface area contributed by atoms with E-state index in [0.717, 1.165) is 31.6 Å². The molecule has 0 aliphatic carbocycles. The first kappa shape index (κ1) is 17.7. The van der Waals surface area contributed by atoms with Crippen LogP contribution in [-0.4, -0.2) is 40.6 Å². The third kappa shape index (κ3) is 4.02. The molecule has 0 spiro atoms. The predicted octanol–water partition coefficient (Wildman–Crippen LogP) is 2.51. The van der Waals surface area contributed by atoms with Gasteiger partial charge in [0.25, 0.3) is 5.56 Å². The van der Waals surface area contributed by atoms with Crippen molar-refractivity contribution in [2.45, 2.75) is 12.5 Å². The molecule has 1 aliphatic rings. The van der Waals surface area contributed by atoms with E-state index >= 15 is 0 Å². The zero-order valence-electron chi connectivity index (χ0n) is 14.7. The summed E-state index contributed by atoms with van der Waals surface area (Å²) in [6.45, 7) is 2.30. The number of aromatic amines is 1. The second-order valence-corrected chi connectivity index (χ2v) is 6.95. The summed E-state index contributed by atoms with van der Waals surface area (Å²) in [4.78, 5) is 25.9. The number of aromatic nitrogens is 3. The van der Waals surface area contributed by atoms with E-state index in [4.69, 9.17) is 11.6 Å². The van der Waals surface area contributed by atoms with E-state index < -0.39 is 0 Å². The molecular formula is C20H20ClN5O. The summed E-state index contributed by atoms with van der Waals surface area (Å²) in [6.07, 6.45) is 4.25. The molecule has 27 heavy (non-hydrogen) atoms. The van der Waals surface area contributed by atoms with Gasteiger partial charge < -0.3 is 15.2 Å². The largest absolute Gasteiger partial charge is 0.352 e. The number of hydrogen-bond donors (Lipinski definition) is 2. The molecule has 0 saturated carbocycles. The second-order valence-electron chi connectivity index (χ2n) is 6.57. The first-order valence-corrected chi connectivity index (χ1v) is 9.31. The van der Waals surface area contributed by atoms with Crippen LogP contribution in [0.1, 0.15) is 5.56 Å². The van der Waals surface area contributed by atoms with Crippen molar-refractivity contribution in [2.24, 2.45) is 0 Å². The minimum atomic E-state index is -0.327. The zero-order valence-corrected chi connectivity index (χ0v) is 15.5. The van der Waals surface area contributed by atoms with Gasteiger partial charge in [-0.05, 0) is 24.1 Å². The number of nitrogens with one attached hydrogen (secondary N) is 2. The highest BCUT2D eigenvalue weighted by Gasteiger charge is 2.24. The SMILES string of the molecule is O=c1[nH]c(-c2ccncc2)nc(N2CCN[C@H](Cc3ccccc3)C2)c1Cl. The van der Waals surface area contributed by atoms with Crippen LogP contribution in [-0.2, 0) is 6.42 Å². The fourth-order valence-corrected chi connectivity index (χ4v) is 3.57. The van der Waals surface area contributed by atoms with E-state index in [-0.39, 0.29) is 16.6 Å². The fraction of sp³-hybridized carbons (Fsp3) is 0.250. The molecule has 1 aromatic carbocycles. The number of rotatable bonds is 4. The maximum absolute atomic E-state index is 12.4. The molecule has 0 radical (unpaired) electrons. The third-order valence-corrected chi connectivity index (χ3v) is 5.02. The fourth-order valence-electron chi connectivity index (χ4n) is 3.36. The van der Waals surface area contributed by atoms with Crippen molar-refractivity contribution >= 4 is 17.4 Å². The number of hydrogen-bond acceptors (Lipinski definition) is 5. The topological polar surface area (TPSA) is 73.9 Å². The lowest BCUT2D eigenvalue weighted by atomic mass is 10.0. The van der Waals surface area contributed by atoms with Crippen molar-refractivity contribution in [3.63, 3.8) is 0 Å². The Bertz CT molecular complexity index is 961. The van der Waals surface area contributed by atoms with Crippen LogP contribution in [0.3, 0.4) is 0 Å². The summed E-state index contributed by atoms with van der Waals surface area (Å²) in [5, 5.41) is 3.67. The lowest BCUT2D eigenvalue weighted by Gasteiger charge is -2.35. The highest BCUT2D eigenvalue weighted by molar-refractivity contribution is 6.32. The Hall–Kier alpha value is -2.70. The normalized spacial score (nSPS) is 17.1. The number of piperazine rings is 1. The van der Waals surface area contributed by atoms with Crippen molar-refractivity contribution < 1.29 is 0 Å². The van der Waals surface area contributed by atoms with Crippen LogP contribution in [0.25, 0.3) is 11.4 Å². The number of nitrogens with zero attached hydrogens (tertiary/aromatic N) is 3. The third-order valence-electron chi connectivity index (χ3n) is 4.68. The van der Waals surface area contributed by atoms with Crippen LogP contribution < -0.4 is 15.8 Å². The maximum Gasteiger partial charge on any atom is 0.272 e. The molecule has 0 bridgehead atoms. The van der Waals surface area contributed by atoms with E-state index in [1.165, 1.54) is 5.56 Å². The number of pyridine rings is 1. The Labute approximate surface area is 162 Å². The highest BCUT2D eigenvalue weighted by Crippen LogP contribution is 2.24. The number of H-pyrrole nitrogens is 1. The minimum absolute atomic E-state index is 0.133. The van der Waals surface area contributed by atoms with Crippen LogP contribution in [0.4, 0.5) is 5.82 Å². The molecule has 3 heterocycles. The second kappa shape index (κ2) is 7.90. The Morgan fingerprint density at radius 1 is 1.15 bits per heavy atom. The quantitative estimate of drug-likeness (QED) is 0.726. The molecule has 1 fully saturated rings. The molecule has 2 N–H and O–H groups in total. The minimum Gasteiger partial charge on any atom is -0.352 e. The first-order valence-electron chi connectivity index (χ1n) is 8.93. The van der Waals surface area contributed by atoms with Gasteiger partial charge >= 0.3 is 0 Å². The lowest BCUT2D eigenvalue weighted by molar-refractivity contribution is 0.452. The number of benzene rings is 1. The van der Waals surface area contributed by atoms with E-state index in [1.807, 2.05) is 30.3 Å². The van der Waals surface area contributed by atoms with Crippen molar-refractivity contribution in [1.82, 2.24) is 20.3 Å². The van der Waals surface area contributed by atoms with Crippen molar-refractivity contribution in [2.75, 3.05) is 24.5 Å². The monoisotopic (exact) mass is 381 g/mol. The molecule has 1 saturated heterocycles. The zero-order chi connectivity index (χ0) is 18.6. The Morgan fingerprint density at radius 2 is 1.93 bits per heavy atom. The summed E-state index contributed by atoms with van der Waals surface area (Å²) in [6, 6.07) is 14.3. The molecule has 0 unspecified atom stereocenters. The first-order chi connectivity index (χ1) is 13.2. The lowest BCUT2D eigenvalue weighted by Crippen LogP contribution is -2.52. The smallest absolute Gasteiger partial charge is 0.272 e. The number of halogens is 1.